The number of aliphatic hydroxyl groups is 4. The minimum atomic E-state index is -4.30. The highest BCUT2D eigenvalue weighted by molar-refractivity contribution is 5.15. The Kier molecular flexibility index (Phi) is 21.2. The van der Waals surface area contributed by atoms with Crippen LogP contribution in [-0.4, -0.2) is 130 Å². The maximum atomic E-state index is 14.1. The molecule has 0 saturated heterocycles. The van der Waals surface area contributed by atoms with Crippen LogP contribution in [0.1, 0.15) is 70.6 Å². The molecule has 50 heavy (non-hydrogen) atoms. The van der Waals surface area contributed by atoms with Crippen molar-refractivity contribution >= 4 is 0 Å². The molecule has 288 valence electrons. The highest BCUT2D eigenvalue weighted by Gasteiger charge is 2.47. The Morgan fingerprint density at radius 3 is 1.38 bits per heavy atom. The van der Waals surface area contributed by atoms with E-state index in [-0.39, 0.29) is 62.8 Å². The van der Waals surface area contributed by atoms with Gasteiger partial charge in [0.15, 0.2) is 0 Å². The summed E-state index contributed by atoms with van der Waals surface area (Å²) in [6, 6.07) is 0. The molecule has 0 radical (unpaired) electrons. The van der Waals surface area contributed by atoms with Crippen LogP contribution in [0, 0.1) is 53.3 Å². The van der Waals surface area contributed by atoms with E-state index in [9.17, 15) is 23.4 Å². The molecule has 0 aromatic rings. The lowest BCUT2D eigenvalue weighted by molar-refractivity contribution is -0.192. The van der Waals surface area contributed by atoms with E-state index in [0.29, 0.717) is 65.7 Å². The number of aliphatic hydroxyl groups excluding tert-OH is 4. The van der Waals surface area contributed by atoms with E-state index >= 15 is 0 Å². The third-order valence-corrected chi connectivity index (χ3v) is 9.53. The fourth-order valence-electron chi connectivity index (χ4n) is 6.58. The molecular weight excluding hydrogens is 661 g/mol. The maximum Gasteiger partial charge on any atom is 0.393 e. The Bertz CT molecular complexity index is 1010. The maximum absolute atomic E-state index is 14.1. The van der Waals surface area contributed by atoms with Crippen molar-refractivity contribution in [3.05, 3.63) is 0 Å². The molecule has 0 aliphatic heterocycles. The van der Waals surface area contributed by atoms with Crippen molar-refractivity contribution in [1.29, 1.82) is 0 Å². The SMILES string of the molecule is OCC(O)COCCOCCOC1CCC(C#CC2CCC(C#CC3CCC(OCCOCCOCC(O)CO)CC3)C(C(F)(F)F)C2)CC1. The van der Waals surface area contributed by atoms with E-state index in [2.05, 4.69) is 23.7 Å². The fraction of sp³-hybridized carbons (Fsp3) is 0.892. The Morgan fingerprint density at radius 2 is 0.920 bits per heavy atom. The molecule has 3 aliphatic carbocycles. The van der Waals surface area contributed by atoms with Gasteiger partial charge < -0.3 is 48.8 Å². The normalized spacial score (nSPS) is 28.6. The van der Waals surface area contributed by atoms with Crippen molar-refractivity contribution in [3.63, 3.8) is 0 Å². The van der Waals surface area contributed by atoms with E-state index in [1.807, 2.05) is 0 Å². The smallest absolute Gasteiger partial charge is 0.393 e. The first-order valence-electron chi connectivity index (χ1n) is 18.4. The summed E-state index contributed by atoms with van der Waals surface area (Å²) < 4.78 is 75.5. The highest BCUT2D eigenvalue weighted by Crippen LogP contribution is 2.43. The van der Waals surface area contributed by atoms with Gasteiger partial charge in [0.1, 0.15) is 12.2 Å². The number of ether oxygens (including phenoxy) is 6. The zero-order valence-electron chi connectivity index (χ0n) is 29.3. The average Bonchev–Trinajstić information content (AvgIpc) is 3.12. The van der Waals surface area contributed by atoms with Crippen molar-refractivity contribution in [1.82, 2.24) is 0 Å². The molecule has 0 bridgehead atoms. The van der Waals surface area contributed by atoms with Gasteiger partial charge in [-0.05, 0) is 70.6 Å². The molecule has 0 amide bonds. The Labute approximate surface area is 295 Å². The minimum absolute atomic E-state index is 0.0146. The quantitative estimate of drug-likeness (QED) is 0.109. The fourth-order valence-corrected chi connectivity index (χ4v) is 6.58. The van der Waals surface area contributed by atoms with Crippen molar-refractivity contribution in [2.75, 3.05) is 79.3 Å². The lowest BCUT2D eigenvalue weighted by Crippen LogP contribution is -2.35. The predicted octanol–water partition coefficient (Wildman–Crippen LogP) is 3.51. The van der Waals surface area contributed by atoms with Gasteiger partial charge in [0, 0.05) is 23.7 Å². The van der Waals surface area contributed by atoms with Crippen molar-refractivity contribution in [3.8, 4) is 23.7 Å². The highest BCUT2D eigenvalue weighted by atomic mass is 19.4. The van der Waals surface area contributed by atoms with Crippen LogP contribution in [0.3, 0.4) is 0 Å². The molecule has 3 aliphatic rings. The van der Waals surface area contributed by atoms with Gasteiger partial charge in [-0.2, -0.15) is 13.2 Å². The van der Waals surface area contributed by atoms with E-state index in [4.69, 9.17) is 38.6 Å². The molecule has 3 rings (SSSR count). The van der Waals surface area contributed by atoms with Crippen LogP contribution in [0.4, 0.5) is 13.2 Å². The number of hydrogen-bond donors (Lipinski definition) is 4. The third kappa shape index (κ3) is 17.8. The van der Waals surface area contributed by atoms with Crippen LogP contribution in [0.2, 0.25) is 0 Å². The summed E-state index contributed by atoms with van der Waals surface area (Å²) in [7, 11) is 0. The molecule has 3 saturated carbocycles. The summed E-state index contributed by atoms with van der Waals surface area (Å²) in [5.41, 5.74) is 0. The molecule has 5 unspecified atom stereocenters. The molecule has 4 N–H and O–H groups in total. The summed E-state index contributed by atoms with van der Waals surface area (Å²) >= 11 is 0. The van der Waals surface area contributed by atoms with Crippen molar-refractivity contribution in [2.24, 2.45) is 29.6 Å². The van der Waals surface area contributed by atoms with Crippen LogP contribution in [0.5, 0.6) is 0 Å². The Balaban J connectivity index is 1.28. The van der Waals surface area contributed by atoms with Gasteiger partial charge in [-0.25, -0.2) is 0 Å². The first kappa shape index (κ1) is 42.9. The van der Waals surface area contributed by atoms with Gasteiger partial charge >= 0.3 is 6.18 Å². The first-order chi connectivity index (χ1) is 24.2. The molecule has 5 atom stereocenters. The van der Waals surface area contributed by atoms with E-state index in [0.717, 1.165) is 51.4 Å². The summed E-state index contributed by atoms with van der Waals surface area (Å²) in [5.74, 6) is 10.7. The molecule has 3 fully saturated rings. The molecule has 0 aromatic heterocycles. The molecule has 13 heteroatoms. The second-order valence-electron chi connectivity index (χ2n) is 13.6. The van der Waals surface area contributed by atoms with E-state index in [1.54, 1.807) is 0 Å². The minimum Gasteiger partial charge on any atom is -0.394 e. The van der Waals surface area contributed by atoms with Gasteiger partial charge in [-0.15, -0.1) is 0 Å². The summed E-state index contributed by atoms with van der Waals surface area (Å²) in [4.78, 5) is 0. The largest absolute Gasteiger partial charge is 0.394 e. The van der Waals surface area contributed by atoms with Crippen molar-refractivity contribution in [2.45, 2.75) is 101 Å². The first-order valence-corrected chi connectivity index (χ1v) is 18.4. The monoisotopic (exact) mass is 720 g/mol. The van der Waals surface area contributed by atoms with Gasteiger partial charge in [-0.3, -0.25) is 0 Å². The average molecular weight is 721 g/mol. The summed E-state index contributed by atoms with van der Waals surface area (Å²) in [5, 5.41) is 35.9. The van der Waals surface area contributed by atoms with Crippen LogP contribution >= 0.6 is 0 Å². The summed E-state index contributed by atoms with van der Waals surface area (Å²) in [6.07, 6.45) is 2.01. The van der Waals surface area contributed by atoms with Crippen LogP contribution < -0.4 is 0 Å². The second-order valence-corrected chi connectivity index (χ2v) is 13.6. The molecule has 10 nitrogen and oxygen atoms in total. The number of halogens is 3. The van der Waals surface area contributed by atoms with Gasteiger partial charge in [0.25, 0.3) is 0 Å². The zero-order valence-corrected chi connectivity index (χ0v) is 29.3. The number of hydrogen-bond acceptors (Lipinski definition) is 10. The third-order valence-electron chi connectivity index (χ3n) is 9.53. The summed E-state index contributed by atoms with van der Waals surface area (Å²) in [6.45, 7) is 2.64. The number of rotatable bonds is 20. The molecule has 0 spiro atoms. The molecule has 0 aromatic carbocycles. The van der Waals surface area contributed by atoms with Crippen LogP contribution in [0.15, 0.2) is 0 Å². The van der Waals surface area contributed by atoms with Gasteiger partial charge in [0.05, 0.1) is 97.4 Å². The topological polar surface area (TPSA) is 136 Å². The van der Waals surface area contributed by atoms with Gasteiger partial charge in [0.2, 0.25) is 0 Å². The number of alkyl halides is 3. The van der Waals surface area contributed by atoms with E-state index < -0.39 is 30.2 Å². The van der Waals surface area contributed by atoms with Crippen molar-refractivity contribution < 1.29 is 62.0 Å². The van der Waals surface area contributed by atoms with Crippen LogP contribution in [-0.2, 0) is 28.4 Å². The molecule has 0 heterocycles. The lowest BCUT2D eigenvalue weighted by Gasteiger charge is -2.33. The standard InChI is InChI=1S/C37H59F3O10/c38-37(39,40)36-23-30(2-1-28-5-11-34(12-6-28)49-21-19-45-15-17-47-26-32(43)24-41)4-10-31(36)9-3-29-7-13-35(14-8-29)50-22-20-46-16-18-48-27-33(44)25-42/h28-36,41-44H,4-8,10-27H2. The van der Waals surface area contributed by atoms with Gasteiger partial charge in [-0.1, -0.05) is 23.7 Å². The van der Waals surface area contributed by atoms with Crippen LogP contribution in [0.25, 0.3) is 0 Å². The lowest BCUT2D eigenvalue weighted by atomic mass is 9.73. The Hall–Kier alpha value is -1.49. The molecular formula is C37H59F3O10. The van der Waals surface area contributed by atoms with E-state index in [1.165, 1.54) is 0 Å². The predicted molar refractivity (Wildman–Crippen MR) is 179 cm³/mol. The Morgan fingerprint density at radius 1 is 0.520 bits per heavy atom. The zero-order chi connectivity index (χ0) is 36.0. The second kappa shape index (κ2) is 24.7.